The smallest absolute Gasteiger partial charge is 0.0208 e. The SMILES string of the molecule is c1cc2c(c(-c3cccc4ccccc34)c1)CCNC2. The second kappa shape index (κ2) is 4.77. The van der Waals surface area contributed by atoms with Crippen LogP contribution in [0.1, 0.15) is 11.1 Å². The molecular formula is C19H17N. The second-order valence-electron chi connectivity index (χ2n) is 5.40. The van der Waals surface area contributed by atoms with E-state index in [1.807, 2.05) is 0 Å². The average molecular weight is 259 g/mol. The summed E-state index contributed by atoms with van der Waals surface area (Å²) < 4.78 is 0. The molecule has 0 bridgehead atoms. The Morgan fingerprint density at radius 1 is 0.750 bits per heavy atom. The van der Waals surface area contributed by atoms with Crippen LogP contribution < -0.4 is 5.32 Å². The van der Waals surface area contributed by atoms with Crippen LogP contribution in [0.5, 0.6) is 0 Å². The molecule has 1 aliphatic rings. The molecule has 4 rings (SSSR count). The minimum absolute atomic E-state index is 0.994. The zero-order chi connectivity index (χ0) is 13.4. The molecule has 1 heterocycles. The average Bonchev–Trinajstić information content (AvgIpc) is 2.54. The van der Waals surface area contributed by atoms with E-state index in [-0.39, 0.29) is 0 Å². The zero-order valence-corrected chi connectivity index (χ0v) is 11.4. The fourth-order valence-corrected chi connectivity index (χ4v) is 3.24. The van der Waals surface area contributed by atoms with E-state index >= 15 is 0 Å². The Balaban J connectivity index is 2.00. The lowest BCUT2D eigenvalue weighted by Crippen LogP contribution is -2.24. The maximum Gasteiger partial charge on any atom is 0.0208 e. The largest absolute Gasteiger partial charge is 0.312 e. The molecule has 0 atom stereocenters. The third-order valence-corrected chi connectivity index (χ3v) is 4.22. The van der Waals surface area contributed by atoms with Gasteiger partial charge in [0.25, 0.3) is 0 Å². The maximum atomic E-state index is 3.46. The van der Waals surface area contributed by atoms with Crippen LogP contribution in [0, 0.1) is 0 Å². The van der Waals surface area contributed by atoms with E-state index in [1.165, 1.54) is 33.0 Å². The topological polar surface area (TPSA) is 12.0 Å². The van der Waals surface area contributed by atoms with Gasteiger partial charge in [0.2, 0.25) is 0 Å². The number of fused-ring (bicyclic) bond motifs is 2. The monoisotopic (exact) mass is 259 g/mol. The summed E-state index contributed by atoms with van der Waals surface area (Å²) in [6.07, 6.45) is 1.12. The lowest BCUT2D eigenvalue weighted by molar-refractivity contribution is 0.645. The summed E-state index contributed by atoms with van der Waals surface area (Å²) in [4.78, 5) is 0. The van der Waals surface area contributed by atoms with Crippen molar-refractivity contribution in [1.29, 1.82) is 0 Å². The maximum absolute atomic E-state index is 3.46. The predicted octanol–water partition coefficient (Wildman–Crippen LogP) is 4.15. The molecule has 1 nitrogen and oxygen atoms in total. The molecule has 0 spiro atoms. The highest BCUT2D eigenvalue weighted by Gasteiger charge is 2.14. The highest BCUT2D eigenvalue weighted by Crippen LogP contribution is 2.33. The van der Waals surface area contributed by atoms with Crippen LogP contribution in [0.3, 0.4) is 0 Å². The van der Waals surface area contributed by atoms with E-state index < -0.39 is 0 Å². The Bertz CT molecular complexity index is 768. The Labute approximate surface area is 119 Å². The molecule has 1 N–H and O–H groups in total. The van der Waals surface area contributed by atoms with Gasteiger partial charge in [-0.15, -0.1) is 0 Å². The highest BCUT2D eigenvalue weighted by atomic mass is 14.9. The summed E-state index contributed by atoms with van der Waals surface area (Å²) >= 11 is 0. The van der Waals surface area contributed by atoms with Gasteiger partial charge in [-0.3, -0.25) is 0 Å². The molecule has 3 aromatic rings. The van der Waals surface area contributed by atoms with Crippen molar-refractivity contribution in [2.24, 2.45) is 0 Å². The van der Waals surface area contributed by atoms with E-state index in [1.54, 1.807) is 0 Å². The summed E-state index contributed by atoms with van der Waals surface area (Å²) in [5.74, 6) is 0. The normalized spacial score (nSPS) is 14.2. The minimum Gasteiger partial charge on any atom is -0.312 e. The van der Waals surface area contributed by atoms with Crippen molar-refractivity contribution < 1.29 is 0 Å². The fourth-order valence-electron chi connectivity index (χ4n) is 3.24. The molecule has 1 heteroatoms. The zero-order valence-electron chi connectivity index (χ0n) is 11.4. The number of nitrogens with one attached hydrogen (secondary N) is 1. The molecule has 0 aromatic heterocycles. The molecule has 98 valence electrons. The highest BCUT2D eigenvalue weighted by molar-refractivity contribution is 5.97. The van der Waals surface area contributed by atoms with Gasteiger partial charge in [0.15, 0.2) is 0 Å². The van der Waals surface area contributed by atoms with Crippen molar-refractivity contribution in [2.45, 2.75) is 13.0 Å². The summed E-state index contributed by atoms with van der Waals surface area (Å²) in [5, 5.41) is 6.12. The summed E-state index contributed by atoms with van der Waals surface area (Å²) in [5.41, 5.74) is 5.73. The van der Waals surface area contributed by atoms with Gasteiger partial charge in [-0.1, -0.05) is 60.7 Å². The van der Waals surface area contributed by atoms with Crippen LogP contribution in [0.15, 0.2) is 60.7 Å². The van der Waals surface area contributed by atoms with Crippen LogP contribution in [0.25, 0.3) is 21.9 Å². The quantitative estimate of drug-likeness (QED) is 0.692. The summed E-state index contributed by atoms with van der Waals surface area (Å²) in [7, 11) is 0. The first-order valence-corrected chi connectivity index (χ1v) is 7.23. The van der Waals surface area contributed by atoms with Crippen LogP contribution in [0.4, 0.5) is 0 Å². The molecule has 0 fully saturated rings. The number of hydrogen-bond acceptors (Lipinski definition) is 1. The molecule has 0 saturated heterocycles. The van der Waals surface area contributed by atoms with Gasteiger partial charge < -0.3 is 5.32 Å². The van der Waals surface area contributed by atoms with E-state index in [0.29, 0.717) is 0 Å². The van der Waals surface area contributed by atoms with Gasteiger partial charge in [-0.25, -0.2) is 0 Å². The number of hydrogen-bond donors (Lipinski definition) is 1. The van der Waals surface area contributed by atoms with E-state index in [2.05, 4.69) is 66.0 Å². The first kappa shape index (κ1) is 11.7. The third-order valence-electron chi connectivity index (χ3n) is 4.22. The van der Waals surface area contributed by atoms with Gasteiger partial charge in [0.1, 0.15) is 0 Å². The minimum atomic E-state index is 0.994. The van der Waals surface area contributed by atoms with Gasteiger partial charge in [-0.2, -0.15) is 0 Å². The van der Waals surface area contributed by atoms with E-state index in [4.69, 9.17) is 0 Å². The van der Waals surface area contributed by atoms with Crippen LogP contribution in [0.2, 0.25) is 0 Å². The first-order chi connectivity index (χ1) is 9.93. The Kier molecular flexibility index (Phi) is 2.79. The van der Waals surface area contributed by atoms with Crippen molar-refractivity contribution in [3.63, 3.8) is 0 Å². The Morgan fingerprint density at radius 2 is 1.55 bits per heavy atom. The molecule has 0 saturated carbocycles. The van der Waals surface area contributed by atoms with Crippen LogP contribution >= 0.6 is 0 Å². The van der Waals surface area contributed by atoms with Crippen molar-refractivity contribution >= 4 is 10.8 Å². The van der Waals surface area contributed by atoms with Gasteiger partial charge >= 0.3 is 0 Å². The third kappa shape index (κ3) is 1.83. The van der Waals surface area contributed by atoms with Crippen LogP contribution in [-0.2, 0) is 13.0 Å². The Morgan fingerprint density at radius 3 is 2.55 bits per heavy atom. The van der Waals surface area contributed by atoms with Gasteiger partial charge in [0, 0.05) is 6.54 Å². The molecule has 1 aliphatic heterocycles. The van der Waals surface area contributed by atoms with E-state index in [0.717, 1.165) is 19.5 Å². The lowest BCUT2D eigenvalue weighted by Gasteiger charge is -2.21. The van der Waals surface area contributed by atoms with E-state index in [9.17, 15) is 0 Å². The summed E-state index contributed by atoms with van der Waals surface area (Å²) in [6.45, 7) is 2.07. The molecule has 0 unspecified atom stereocenters. The molecule has 20 heavy (non-hydrogen) atoms. The van der Waals surface area contributed by atoms with Crippen molar-refractivity contribution in [2.75, 3.05) is 6.54 Å². The molecule has 3 aromatic carbocycles. The molecule has 0 aliphatic carbocycles. The summed E-state index contributed by atoms with van der Waals surface area (Å²) in [6, 6.07) is 22.0. The lowest BCUT2D eigenvalue weighted by atomic mass is 9.89. The molecule has 0 radical (unpaired) electrons. The first-order valence-electron chi connectivity index (χ1n) is 7.23. The predicted molar refractivity (Wildman–Crippen MR) is 84.8 cm³/mol. The fraction of sp³-hybridized carbons (Fsp3) is 0.158. The second-order valence-corrected chi connectivity index (χ2v) is 5.40. The molecular weight excluding hydrogens is 242 g/mol. The van der Waals surface area contributed by atoms with Crippen molar-refractivity contribution in [3.05, 3.63) is 71.8 Å². The standard InChI is InChI=1S/C19H17N/c1-2-8-16-14(5-1)6-3-9-18(16)19-10-4-7-15-13-20-12-11-17(15)19/h1-10,20H,11-13H2. The number of rotatable bonds is 1. The number of benzene rings is 3. The Hall–Kier alpha value is -2.12. The molecule has 0 amide bonds. The van der Waals surface area contributed by atoms with Crippen molar-refractivity contribution in [3.8, 4) is 11.1 Å². The van der Waals surface area contributed by atoms with Crippen molar-refractivity contribution in [1.82, 2.24) is 5.32 Å². The van der Waals surface area contributed by atoms with Crippen LogP contribution in [-0.4, -0.2) is 6.54 Å². The van der Waals surface area contributed by atoms with Gasteiger partial charge in [-0.05, 0) is 46.0 Å². The van der Waals surface area contributed by atoms with Gasteiger partial charge in [0.05, 0.1) is 0 Å².